The number of carboxylic acids is 1. The molecular formula is C38H48O4. The Hall–Kier alpha value is -2.49. The largest absolute Gasteiger partial charge is 0.508 e. The van der Waals surface area contributed by atoms with Gasteiger partial charge in [-0.25, -0.2) is 0 Å². The van der Waals surface area contributed by atoms with Gasteiger partial charge in [0, 0.05) is 28.0 Å². The van der Waals surface area contributed by atoms with Gasteiger partial charge in [0.15, 0.2) is 0 Å². The van der Waals surface area contributed by atoms with Crippen LogP contribution in [-0.4, -0.2) is 16.2 Å². The van der Waals surface area contributed by atoms with Gasteiger partial charge < -0.3 is 14.9 Å². The molecule has 0 radical (unpaired) electrons. The third kappa shape index (κ3) is 4.17. The minimum Gasteiger partial charge on any atom is -0.508 e. The molecule has 0 heterocycles. The van der Waals surface area contributed by atoms with Crippen LogP contribution in [0.1, 0.15) is 121 Å². The van der Waals surface area contributed by atoms with E-state index in [1.54, 1.807) is 0 Å². The first-order valence-electron chi connectivity index (χ1n) is 16.6. The first kappa shape index (κ1) is 27.1. The summed E-state index contributed by atoms with van der Waals surface area (Å²) in [5.41, 5.74) is 4.89. The summed E-state index contributed by atoms with van der Waals surface area (Å²) >= 11 is 0. The summed E-state index contributed by atoms with van der Waals surface area (Å²) in [6.07, 6.45) is 15.3. The van der Waals surface area contributed by atoms with Gasteiger partial charge in [0.25, 0.3) is 0 Å². The van der Waals surface area contributed by atoms with E-state index in [0.717, 1.165) is 23.1 Å². The van der Waals surface area contributed by atoms with Crippen LogP contribution in [0.25, 0.3) is 0 Å². The molecule has 42 heavy (non-hydrogen) atoms. The molecule has 8 aliphatic carbocycles. The smallest absolute Gasteiger partial charge is 0.307 e. The molecule has 4 atom stereocenters. The Morgan fingerprint density at radius 2 is 1.19 bits per heavy atom. The number of carbonyl (C=O) groups is 1. The Bertz CT molecular complexity index is 1430. The van der Waals surface area contributed by atoms with Crippen molar-refractivity contribution in [3.8, 4) is 17.2 Å². The van der Waals surface area contributed by atoms with Gasteiger partial charge in [0.1, 0.15) is 17.2 Å². The molecule has 10 rings (SSSR count). The normalized spacial score (nSPS) is 44.5. The number of hydrogen-bond acceptors (Lipinski definition) is 3. The van der Waals surface area contributed by atoms with E-state index in [-0.39, 0.29) is 17.3 Å². The fraction of sp³-hybridized carbons (Fsp3) is 0.658. The zero-order valence-corrected chi connectivity index (χ0v) is 26.0. The zero-order chi connectivity index (χ0) is 29.3. The van der Waals surface area contributed by atoms with Crippen molar-refractivity contribution in [3.05, 3.63) is 53.1 Å². The molecule has 8 aliphatic rings. The number of aliphatic carboxylic acids is 1. The summed E-state index contributed by atoms with van der Waals surface area (Å²) in [6.45, 7) is 10.1. The second-order valence-corrected chi connectivity index (χ2v) is 18.0. The molecule has 0 aromatic heterocycles. The molecule has 0 spiro atoms. The lowest BCUT2D eigenvalue weighted by Crippen LogP contribution is -2.57. The third-order valence-electron chi connectivity index (χ3n) is 13.0. The molecule has 224 valence electrons. The topological polar surface area (TPSA) is 66.8 Å². The molecule has 8 bridgehead atoms. The van der Waals surface area contributed by atoms with Crippen LogP contribution in [0.4, 0.5) is 0 Å². The summed E-state index contributed by atoms with van der Waals surface area (Å²) < 4.78 is 6.71. The van der Waals surface area contributed by atoms with Crippen molar-refractivity contribution in [2.75, 3.05) is 0 Å². The minimum atomic E-state index is -0.831. The lowest BCUT2D eigenvalue weighted by atomic mass is 9.38. The summed E-state index contributed by atoms with van der Waals surface area (Å²) in [5.74, 6) is 2.61. The number of ether oxygens (including phenoxy) is 1. The van der Waals surface area contributed by atoms with Crippen LogP contribution in [-0.2, 0) is 22.0 Å². The Labute approximate surface area is 251 Å². The quantitative estimate of drug-likeness (QED) is 0.364. The van der Waals surface area contributed by atoms with Gasteiger partial charge in [-0.05, 0) is 134 Å². The highest BCUT2D eigenvalue weighted by atomic mass is 16.5. The molecule has 4 nitrogen and oxygen atoms in total. The molecule has 2 N–H and O–H groups in total. The van der Waals surface area contributed by atoms with Crippen molar-refractivity contribution in [1.29, 1.82) is 0 Å². The number of carboxylic acid groups (broad SMARTS) is 1. The van der Waals surface area contributed by atoms with Crippen LogP contribution in [0.3, 0.4) is 0 Å². The summed E-state index contributed by atoms with van der Waals surface area (Å²) in [4.78, 5) is 11.2. The van der Waals surface area contributed by atoms with E-state index >= 15 is 0 Å². The lowest BCUT2D eigenvalue weighted by Gasteiger charge is -2.66. The molecule has 4 heteroatoms. The van der Waals surface area contributed by atoms with Gasteiger partial charge in [-0.3, -0.25) is 4.79 Å². The first-order chi connectivity index (χ1) is 19.7. The predicted octanol–water partition coefficient (Wildman–Crippen LogP) is 9.31. The molecule has 8 fully saturated rings. The molecule has 0 aliphatic heterocycles. The number of rotatable bonds is 6. The number of benzene rings is 2. The van der Waals surface area contributed by atoms with Crippen molar-refractivity contribution in [1.82, 2.24) is 0 Å². The molecule has 0 amide bonds. The fourth-order valence-corrected chi connectivity index (χ4v) is 14.0. The van der Waals surface area contributed by atoms with Crippen LogP contribution in [0.5, 0.6) is 17.2 Å². The molecule has 8 saturated carbocycles. The van der Waals surface area contributed by atoms with Gasteiger partial charge in [-0.15, -0.1) is 0 Å². The predicted molar refractivity (Wildman–Crippen MR) is 164 cm³/mol. The van der Waals surface area contributed by atoms with Crippen molar-refractivity contribution in [3.63, 3.8) is 0 Å². The van der Waals surface area contributed by atoms with Gasteiger partial charge in [-0.1, -0.05) is 39.8 Å². The van der Waals surface area contributed by atoms with Crippen molar-refractivity contribution >= 4 is 5.97 Å². The average molecular weight is 569 g/mol. The molecule has 4 unspecified atom stereocenters. The van der Waals surface area contributed by atoms with Crippen LogP contribution >= 0.6 is 0 Å². The third-order valence-corrected chi connectivity index (χ3v) is 13.0. The van der Waals surface area contributed by atoms with Gasteiger partial charge >= 0.3 is 5.97 Å². The summed E-state index contributed by atoms with van der Waals surface area (Å²) in [6, 6.07) is 11.9. The van der Waals surface area contributed by atoms with Gasteiger partial charge in [0.05, 0.1) is 6.42 Å². The minimum absolute atomic E-state index is 0.00357. The maximum atomic E-state index is 11.9. The average Bonchev–Trinajstić information content (AvgIpc) is 2.80. The van der Waals surface area contributed by atoms with E-state index in [4.69, 9.17) is 4.74 Å². The highest BCUT2D eigenvalue weighted by molar-refractivity contribution is 5.70. The Kier molecular flexibility index (Phi) is 5.39. The van der Waals surface area contributed by atoms with E-state index in [0.29, 0.717) is 33.2 Å². The number of hydrogen-bond donors (Lipinski definition) is 2. The SMILES string of the molecule is CC12CC3CC(C)(C1)CC(c1cc(C45CC6CC(C)(CC(C)(C6)C4)C5)c(Oc4ccc(CC(=O)O)cc4)cc1O)(C3)C2. The number of phenolic OH excluding ortho intramolecular Hbond substituents is 1. The first-order valence-corrected chi connectivity index (χ1v) is 16.6. The van der Waals surface area contributed by atoms with Crippen molar-refractivity contribution in [2.24, 2.45) is 33.5 Å². The Morgan fingerprint density at radius 1 is 0.714 bits per heavy atom. The number of aromatic hydroxyl groups is 1. The zero-order valence-electron chi connectivity index (χ0n) is 26.0. The van der Waals surface area contributed by atoms with Gasteiger partial charge in [-0.2, -0.15) is 0 Å². The highest BCUT2D eigenvalue weighted by Crippen LogP contribution is 2.73. The van der Waals surface area contributed by atoms with Crippen LogP contribution < -0.4 is 4.74 Å². The van der Waals surface area contributed by atoms with Crippen molar-refractivity contribution < 1.29 is 19.7 Å². The summed E-state index contributed by atoms with van der Waals surface area (Å²) in [7, 11) is 0. The van der Waals surface area contributed by atoms with E-state index < -0.39 is 5.97 Å². The highest BCUT2D eigenvalue weighted by Gasteiger charge is 2.63. The van der Waals surface area contributed by atoms with Crippen LogP contribution in [0, 0.1) is 33.5 Å². The second-order valence-electron chi connectivity index (χ2n) is 18.0. The molecule has 2 aromatic rings. The van der Waals surface area contributed by atoms with Crippen LogP contribution in [0.15, 0.2) is 36.4 Å². The molecular weight excluding hydrogens is 520 g/mol. The second kappa shape index (κ2) is 8.36. The lowest BCUT2D eigenvalue weighted by molar-refractivity contribution is -0.136. The maximum Gasteiger partial charge on any atom is 0.307 e. The molecule has 0 saturated heterocycles. The Balaban J connectivity index is 1.26. The fourth-order valence-electron chi connectivity index (χ4n) is 14.0. The van der Waals surface area contributed by atoms with E-state index in [2.05, 4.69) is 33.8 Å². The van der Waals surface area contributed by atoms with Crippen LogP contribution in [0.2, 0.25) is 0 Å². The van der Waals surface area contributed by atoms with Gasteiger partial charge in [0.2, 0.25) is 0 Å². The standard InChI is InChI=1S/C38H48O4/c1-33-12-25-13-34(2,18-33)21-37(16-25,20-33)28-10-29(38-17-26-14-35(3,22-38)19-36(4,15-26)23-38)31(11-30(28)39)42-27-7-5-24(6-8-27)9-32(40)41/h5-8,10-11,25-26,39H,9,12-23H2,1-4H3,(H,40,41). The maximum absolute atomic E-state index is 11.9. The molecule has 2 aromatic carbocycles. The van der Waals surface area contributed by atoms with E-state index in [1.807, 2.05) is 30.3 Å². The van der Waals surface area contributed by atoms with Crippen molar-refractivity contribution in [2.45, 2.75) is 122 Å². The number of phenols is 1. The van der Waals surface area contributed by atoms with E-state index in [9.17, 15) is 15.0 Å². The summed E-state index contributed by atoms with van der Waals surface area (Å²) in [5, 5.41) is 21.1. The monoisotopic (exact) mass is 568 g/mol. The Morgan fingerprint density at radius 3 is 1.64 bits per heavy atom. The van der Waals surface area contributed by atoms with E-state index in [1.165, 1.54) is 88.2 Å².